The minimum absolute atomic E-state index is 0.0292. The molecule has 1 atom stereocenters. The first-order chi connectivity index (χ1) is 22.0. The van der Waals surface area contributed by atoms with Gasteiger partial charge in [-0.2, -0.15) is 0 Å². The molecule has 4 aromatic carbocycles. The van der Waals surface area contributed by atoms with Crippen molar-refractivity contribution in [1.29, 1.82) is 0 Å². The van der Waals surface area contributed by atoms with Crippen LogP contribution in [0.4, 0.5) is 11.4 Å². The minimum Gasteiger partial charge on any atom is -0.497 e. The number of sulfonamides is 1. The summed E-state index contributed by atoms with van der Waals surface area (Å²) in [5, 5.41) is 14.2. The summed E-state index contributed by atoms with van der Waals surface area (Å²) in [7, 11) is -2.81. The first-order valence-electron chi connectivity index (χ1n) is 14.6. The van der Waals surface area contributed by atoms with Gasteiger partial charge in [-0.1, -0.05) is 60.7 Å². The molecular formula is C34H36N4O7S. The third-order valence-corrected chi connectivity index (χ3v) is 8.94. The van der Waals surface area contributed by atoms with E-state index in [4.69, 9.17) is 4.74 Å². The number of carbonyl (C=O) groups is 2. The van der Waals surface area contributed by atoms with Gasteiger partial charge in [0, 0.05) is 31.1 Å². The van der Waals surface area contributed by atoms with Crippen LogP contribution in [0.3, 0.4) is 0 Å². The Bertz CT molecular complexity index is 1750. The molecule has 0 aliphatic rings. The molecule has 0 spiro atoms. The zero-order chi connectivity index (χ0) is 33.3. The Morgan fingerprint density at radius 2 is 1.48 bits per heavy atom. The molecule has 0 unspecified atom stereocenters. The van der Waals surface area contributed by atoms with E-state index in [0.717, 1.165) is 9.87 Å². The summed E-state index contributed by atoms with van der Waals surface area (Å²) in [5.74, 6) is -0.501. The third-order valence-electron chi connectivity index (χ3n) is 7.15. The van der Waals surface area contributed by atoms with Gasteiger partial charge in [-0.05, 0) is 61.4 Å². The van der Waals surface area contributed by atoms with Crippen LogP contribution in [-0.4, -0.2) is 55.8 Å². The smallest absolute Gasteiger partial charge is 0.269 e. The van der Waals surface area contributed by atoms with Gasteiger partial charge in [0.25, 0.3) is 15.7 Å². The number of hydrogen-bond donors (Lipinski definition) is 1. The summed E-state index contributed by atoms with van der Waals surface area (Å²) >= 11 is 0. The van der Waals surface area contributed by atoms with Crippen molar-refractivity contribution < 1.29 is 27.7 Å². The molecule has 0 saturated heterocycles. The summed E-state index contributed by atoms with van der Waals surface area (Å²) in [6, 6.07) is 27.6. The fourth-order valence-electron chi connectivity index (χ4n) is 4.89. The molecule has 0 fully saturated rings. The molecule has 0 aliphatic heterocycles. The minimum atomic E-state index is -4.33. The lowest BCUT2D eigenvalue weighted by atomic mass is 10.0. The lowest BCUT2D eigenvalue weighted by Crippen LogP contribution is -2.54. The number of methoxy groups -OCH3 is 1. The quantitative estimate of drug-likeness (QED) is 0.151. The molecule has 0 aliphatic carbocycles. The lowest BCUT2D eigenvalue weighted by molar-refractivity contribution is -0.384. The van der Waals surface area contributed by atoms with Crippen molar-refractivity contribution in [2.24, 2.45) is 0 Å². The van der Waals surface area contributed by atoms with Crippen LogP contribution in [0, 0.1) is 10.1 Å². The number of hydrogen-bond acceptors (Lipinski definition) is 7. The Kier molecular flexibility index (Phi) is 11.1. The summed E-state index contributed by atoms with van der Waals surface area (Å²) < 4.78 is 34.3. The number of nitrogens with one attached hydrogen (secondary N) is 1. The maximum Gasteiger partial charge on any atom is 0.269 e. The van der Waals surface area contributed by atoms with Gasteiger partial charge in [0.1, 0.15) is 18.3 Å². The molecule has 0 radical (unpaired) electrons. The van der Waals surface area contributed by atoms with E-state index in [2.05, 4.69) is 5.32 Å². The third kappa shape index (κ3) is 8.48. The van der Waals surface area contributed by atoms with Gasteiger partial charge in [-0.25, -0.2) is 8.42 Å². The maximum absolute atomic E-state index is 14.5. The highest BCUT2D eigenvalue weighted by molar-refractivity contribution is 7.92. The molecule has 1 N–H and O–H groups in total. The van der Waals surface area contributed by atoms with Crippen LogP contribution in [0.1, 0.15) is 25.0 Å². The van der Waals surface area contributed by atoms with Gasteiger partial charge in [-0.15, -0.1) is 0 Å². The fourth-order valence-corrected chi connectivity index (χ4v) is 6.33. The summed E-state index contributed by atoms with van der Waals surface area (Å²) in [4.78, 5) is 40.3. The van der Waals surface area contributed by atoms with Crippen LogP contribution < -0.4 is 14.4 Å². The maximum atomic E-state index is 14.5. The van der Waals surface area contributed by atoms with Crippen molar-refractivity contribution in [1.82, 2.24) is 10.2 Å². The van der Waals surface area contributed by atoms with E-state index < -0.39 is 39.3 Å². The van der Waals surface area contributed by atoms with Crippen LogP contribution in [0.5, 0.6) is 5.75 Å². The highest BCUT2D eigenvalue weighted by Crippen LogP contribution is 2.27. The summed E-state index contributed by atoms with van der Waals surface area (Å²) in [5.41, 5.74) is 1.28. The number of carbonyl (C=O) groups excluding carboxylic acids is 2. The van der Waals surface area contributed by atoms with Gasteiger partial charge < -0.3 is 15.0 Å². The Labute approximate surface area is 268 Å². The lowest BCUT2D eigenvalue weighted by Gasteiger charge is -2.34. The zero-order valence-electron chi connectivity index (χ0n) is 25.8. The van der Waals surface area contributed by atoms with Crippen molar-refractivity contribution in [2.45, 2.75) is 43.8 Å². The van der Waals surface area contributed by atoms with Crippen molar-refractivity contribution in [3.8, 4) is 5.75 Å². The average molecular weight is 645 g/mol. The second kappa shape index (κ2) is 15.2. The average Bonchev–Trinajstić information content (AvgIpc) is 3.05. The van der Waals surface area contributed by atoms with E-state index >= 15 is 0 Å². The van der Waals surface area contributed by atoms with Gasteiger partial charge in [0.05, 0.1) is 22.6 Å². The summed E-state index contributed by atoms with van der Waals surface area (Å²) in [6.07, 6.45) is 0.165. The largest absolute Gasteiger partial charge is 0.497 e. The standard InChI is InChI=1S/C34H36N4O7S/c1-25(2)35-34(40)32(22-26-11-6-4-7-12-26)36(23-27-13-10-14-30(21-27)45-3)33(39)24-37(28-17-19-29(20-18-28)38(41)42)46(43,44)31-15-8-5-9-16-31/h4-21,25,32H,22-24H2,1-3H3,(H,35,40)/t32-/m0/s1. The number of benzene rings is 4. The van der Waals surface area contributed by atoms with Crippen LogP contribution >= 0.6 is 0 Å². The number of anilines is 1. The van der Waals surface area contributed by atoms with Gasteiger partial charge in [0.2, 0.25) is 11.8 Å². The first-order valence-corrected chi connectivity index (χ1v) is 16.0. The molecule has 4 aromatic rings. The second-order valence-electron chi connectivity index (χ2n) is 10.8. The fraction of sp³-hybridized carbons (Fsp3) is 0.235. The van der Waals surface area contributed by atoms with Gasteiger partial charge >= 0.3 is 0 Å². The number of nitro groups is 1. The summed E-state index contributed by atoms with van der Waals surface area (Å²) in [6.45, 7) is 2.92. The van der Waals surface area contributed by atoms with Crippen LogP contribution in [0.25, 0.3) is 0 Å². The van der Waals surface area contributed by atoms with E-state index in [9.17, 15) is 28.1 Å². The molecule has 2 amide bonds. The van der Waals surface area contributed by atoms with Crippen molar-refractivity contribution in [3.05, 3.63) is 130 Å². The van der Waals surface area contributed by atoms with Crippen molar-refractivity contribution >= 4 is 33.2 Å². The molecule has 11 nitrogen and oxygen atoms in total. The molecule has 0 aromatic heterocycles. The van der Waals surface area contributed by atoms with E-state index in [-0.39, 0.29) is 35.3 Å². The predicted molar refractivity (Wildman–Crippen MR) is 175 cm³/mol. The number of nitrogens with zero attached hydrogens (tertiary/aromatic N) is 3. The van der Waals surface area contributed by atoms with Crippen LogP contribution in [0.15, 0.2) is 114 Å². The van der Waals surface area contributed by atoms with Gasteiger partial charge in [-0.3, -0.25) is 24.0 Å². The predicted octanol–water partition coefficient (Wildman–Crippen LogP) is 4.96. The highest BCUT2D eigenvalue weighted by Gasteiger charge is 2.35. The molecule has 0 saturated carbocycles. The molecule has 46 heavy (non-hydrogen) atoms. The Hall–Kier alpha value is -5.23. The van der Waals surface area contributed by atoms with E-state index in [1.54, 1.807) is 42.5 Å². The monoisotopic (exact) mass is 644 g/mol. The number of non-ortho nitro benzene ring substituents is 1. The van der Waals surface area contributed by atoms with E-state index in [0.29, 0.717) is 11.3 Å². The van der Waals surface area contributed by atoms with Crippen molar-refractivity contribution in [3.63, 3.8) is 0 Å². The molecule has 12 heteroatoms. The molecule has 0 heterocycles. The van der Waals surface area contributed by atoms with Crippen molar-refractivity contribution in [2.75, 3.05) is 18.0 Å². The highest BCUT2D eigenvalue weighted by atomic mass is 32.2. The van der Waals surface area contributed by atoms with E-state index in [1.165, 1.54) is 48.4 Å². The topological polar surface area (TPSA) is 139 Å². The normalized spacial score (nSPS) is 11.8. The molecule has 0 bridgehead atoms. The molecule has 4 rings (SSSR count). The number of amides is 2. The number of nitro benzene ring substituents is 1. The van der Waals surface area contributed by atoms with Gasteiger partial charge in [0.15, 0.2) is 0 Å². The SMILES string of the molecule is COc1cccc(CN(C(=O)CN(c2ccc([N+](=O)[O-])cc2)S(=O)(=O)c2ccccc2)[C@@H](Cc2ccccc2)C(=O)NC(C)C)c1. The number of rotatable bonds is 14. The van der Waals surface area contributed by atoms with Crippen LogP contribution in [-0.2, 0) is 32.6 Å². The first kappa shape index (κ1) is 33.7. The Morgan fingerprint density at radius 1 is 0.870 bits per heavy atom. The number of ether oxygens (including phenoxy) is 1. The second-order valence-corrected chi connectivity index (χ2v) is 12.7. The Balaban J connectivity index is 1.82. The van der Waals surface area contributed by atoms with E-state index in [1.807, 2.05) is 44.2 Å². The molecular weight excluding hydrogens is 608 g/mol. The van der Waals surface area contributed by atoms with Crippen LogP contribution in [0.2, 0.25) is 0 Å². The zero-order valence-corrected chi connectivity index (χ0v) is 26.6. The molecule has 240 valence electrons. The Morgan fingerprint density at radius 3 is 2.07 bits per heavy atom.